The maximum atomic E-state index is 14.7. The van der Waals surface area contributed by atoms with Gasteiger partial charge in [-0.15, -0.1) is 0 Å². The fourth-order valence-electron chi connectivity index (χ4n) is 4.07. The minimum absolute atomic E-state index is 0.185. The molecule has 0 bridgehead atoms. The van der Waals surface area contributed by atoms with E-state index in [-0.39, 0.29) is 16.6 Å². The molecule has 1 aromatic carbocycles. The molecule has 0 heterocycles. The van der Waals surface area contributed by atoms with Crippen molar-refractivity contribution in [1.82, 2.24) is 0 Å². The highest BCUT2D eigenvalue weighted by atomic mass is 28.3. The van der Waals surface area contributed by atoms with Crippen LogP contribution < -0.4 is 9.84 Å². The van der Waals surface area contributed by atoms with Gasteiger partial charge in [0.2, 0.25) is 11.6 Å². The fraction of sp³-hybridized carbons (Fsp3) is 0.600. The van der Waals surface area contributed by atoms with Gasteiger partial charge in [0.1, 0.15) is 8.07 Å². The molecule has 0 unspecified atom stereocenters. The number of hydrogen-bond acceptors (Lipinski definition) is 3. The van der Waals surface area contributed by atoms with Gasteiger partial charge >= 0.3 is 7.32 Å². The highest BCUT2D eigenvalue weighted by Crippen LogP contribution is 2.43. The highest BCUT2D eigenvalue weighted by molar-refractivity contribution is 6.95. The van der Waals surface area contributed by atoms with Gasteiger partial charge in [0.05, 0.1) is 0 Å². The molecule has 0 aromatic heterocycles. The van der Waals surface area contributed by atoms with Crippen LogP contribution in [0.2, 0.25) is 16.6 Å². The minimum atomic E-state index is -3.03. The summed E-state index contributed by atoms with van der Waals surface area (Å²) in [6.45, 7) is 10.8. The third kappa shape index (κ3) is 3.21. The molecule has 9 heteroatoms. The van der Waals surface area contributed by atoms with Gasteiger partial charge in [0.15, 0.2) is 17.4 Å². The summed E-state index contributed by atoms with van der Waals surface area (Å²) in [6, 6.07) is 0. The Hall–Kier alpha value is -1.06. The van der Waals surface area contributed by atoms with E-state index in [1.165, 1.54) is 0 Å². The lowest BCUT2D eigenvalue weighted by Crippen LogP contribution is -2.58. The molecular formula is C15H23BF4O3Si. The topological polar surface area (TPSA) is 49.7 Å². The molecule has 1 aromatic rings. The van der Waals surface area contributed by atoms with Gasteiger partial charge in [-0.05, 0) is 16.6 Å². The number of hydrogen-bond donors (Lipinski definition) is 2. The van der Waals surface area contributed by atoms with Crippen molar-refractivity contribution in [3.8, 4) is 5.75 Å². The molecular weight excluding hydrogens is 343 g/mol. The van der Waals surface area contributed by atoms with Crippen LogP contribution in [0.4, 0.5) is 17.6 Å². The van der Waals surface area contributed by atoms with Gasteiger partial charge in [0, 0.05) is 5.19 Å². The van der Waals surface area contributed by atoms with Crippen molar-refractivity contribution in [1.29, 1.82) is 0 Å². The average molecular weight is 366 g/mol. The van der Waals surface area contributed by atoms with Crippen LogP contribution in [0.25, 0.3) is 0 Å². The Balaban J connectivity index is 3.88. The molecule has 0 amide bonds. The maximum absolute atomic E-state index is 14.7. The van der Waals surface area contributed by atoms with E-state index in [1.807, 2.05) is 0 Å². The van der Waals surface area contributed by atoms with Gasteiger partial charge in [-0.2, -0.15) is 8.78 Å². The molecule has 0 atom stereocenters. The summed E-state index contributed by atoms with van der Waals surface area (Å²) < 4.78 is 62.1. The maximum Gasteiger partial charge on any atom is 0.707 e. The predicted molar refractivity (Wildman–Crippen MR) is 87.8 cm³/mol. The van der Waals surface area contributed by atoms with Gasteiger partial charge in [-0.3, -0.25) is 0 Å². The van der Waals surface area contributed by atoms with E-state index in [4.69, 9.17) is 10.0 Å². The zero-order valence-corrected chi connectivity index (χ0v) is 15.6. The normalized spacial score (nSPS) is 12.5. The van der Waals surface area contributed by atoms with E-state index in [0.29, 0.717) is 0 Å². The largest absolute Gasteiger partial charge is 0.707 e. The summed E-state index contributed by atoms with van der Waals surface area (Å²) in [5, 5.41) is 16.8. The van der Waals surface area contributed by atoms with Crippen molar-refractivity contribution in [3.05, 3.63) is 23.3 Å². The van der Waals surface area contributed by atoms with Crippen LogP contribution in [0, 0.1) is 23.3 Å². The summed E-state index contributed by atoms with van der Waals surface area (Å²) in [5.41, 5.74) is -0.554. The molecule has 2 N–H and O–H groups in total. The Morgan fingerprint density at radius 2 is 1.08 bits per heavy atom. The lowest BCUT2D eigenvalue weighted by atomic mass is 10.2. The first-order chi connectivity index (χ1) is 10.9. The monoisotopic (exact) mass is 366 g/mol. The van der Waals surface area contributed by atoms with Gasteiger partial charge < -0.3 is 14.7 Å². The zero-order valence-electron chi connectivity index (χ0n) is 14.6. The molecule has 0 aliphatic heterocycles. The summed E-state index contributed by atoms with van der Waals surface area (Å²) in [7, 11) is -5.63. The number of halogens is 4. The van der Waals surface area contributed by atoms with E-state index in [9.17, 15) is 17.6 Å². The minimum Gasteiger partial charge on any atom is -0.507 e. The first-order valence-corrected chi connectivity index (χ1v) is 10.0. The molecule has 1 rings (SSSR count). The van der Waals surface area contributed by atoms with Crippen LogP contribution in [0.15, 0.2) is 0 Å². The summed E-state index contributed by atoms with van der Waals surface area (Å²) in [4.78, 5) is 0. The lowest BCUT2D eigenvalue weighted by Gasteiger charge is -2.43. The van der Waals surface area contributed by atoms with Crippen LogP contribution in [0.1, 0.15) is 41.5 Å². The molecule has 136 valence electrons. The van der Waals surface area contributed by atoms with E-state index in [0.717, 1.165) is 0 Å². The third-order valence-corrected chi connectivity index (χ3v) is 11.8. The second-order valence-corrected chi connectivity index (χ2v) is 12.6. The Kier molecular flexibility index (Phi) is 6.51. The van der Waals surface area contributed by atoms with Crippen molar-refractivity contribution < 1.29 is 32.3 Å². The van der Waals surface area contributed by atoms with E-state index < -0.39 is 49.6 Å². The van der Waals surface area contributed by atoms with Crippen LogP contribution >= 0.6 is 0 Å². The molecule has 0 spiro atoms. The van der Waals surface area contributed by atoms with Crippen LogP contribution in [-0.4, -0.2) is 25.4 Å². The van der Waals surface area contributed by atoms with Crippen molar-refractivity contribution in [2.45, 2.75) is 58.2 Å². The lowest BCUT2D eigenvalue weighted by molar-refractivity contribution is 0.269. The number of benzene rings is 1. The molecule has 0 radical (unpaired) electrons. The highest BCUT2D eigenvalue weighted by Gasteiger charge is 2.50. The van der Waals surface area contributed by atoms with Crippen molar-refractivity contribution in [2.24, 2.45) is 0 Å². The predicted octanol–water partition coefficient (Wildman–Crippen LogP) is 3.48. The molecule has 0 fully saturated rings. The van der Waals surface area contributed by atoms with Crippen LogP contribution in [0.5, 0.6) is 5.75 Å². The number of rotatable bonds is 6. The Morgan fingerprint density at radius 1 is 0.750 bits per heavy atom. The standard InChI is InChI=1S/C15H23BF4O3Si/c1-7(2)24(8(3)4,9(5)6)15-12(19)10(17)14(23-16(21)22)11(18)13(15)20/h7-9,21-22H,1-6H3. The van der Waals surface area contributed by atoms with Crippen molar-refractivity contribution in [3.63, 3.8) is 0 Å². The van der Waals surface area contributed by atoms with Crippen LogP contribution in [-0.2, 0) is 0 Å². The molecule has 0 saturated heterocycles. The van der Waals surface area contributed by atoms with E-state index >= 15 is 0 Å². The summed E-state index contributed by atoms with van der Waals surface area (Å²) >= 11 is 0. The smallest absolute Gasteiger partial charge is 0.507 e. The quantitative estimate of drug-likeness (QED) is 0.461. The summed E-state index contributed by atoms with van der Waals surface area (Å²) in [5.74, 6) is -8.02. The molecule has 0 aliphatic rings. The average Bonchev–Trinajstić information content (AvgIpc) is 2.44. The van der Waals surface area contributed by atoms with Gasteiger partial charge in [-0.25, -0.2) is 8.78 Å². The van der Waals surface area contributed by atoms with E-state index in [1.54, 1.807) is 41.5 Å². The third-order valence-electron chi connectivity index (χ3n) is 4.75. The van der Waals surface area contributed by atoms with Crippen LogP contribution in [0.3, 0.4) is 0 Å². The molecule has 0 saturated carbocycles. The second kappa shape index (κ2) is 7.45. The molecule has 24 heavy (non-hydrogen) atoms. The Morgan fingerprint density at radius 3 is 1.33 bits per heavy atom. The zero-order chi connectivity index (χ0) is 19.0. The second-order valence-electron chi connectivity index (χ2n) is 6.80. The Bertz CT molecular complexity index is 558. The first-order valence-electron chi connectivity index (χ1n) is 7.79. The van der Waals surface area contributed by atoms with Crippen molar-refractivity contribution >= 4 is 20.6 Å². The fourth-order valence-corrected chi connectivity index (χ4v) is 10.8. The molecule has 3 nitrogen and oxygen atoms in total. The first kappa shape index (κ1) is 21.0. The Labute approximate surface area is 140 Å². The molecule has 0 aliphatic carbocycles. The van der Waals surface area contributed by atoms with Gasteiger partial charge in [-0.1, -0.05) is 41.5 Å². The van der Waals surface area contributed by atoms with Crippen molar-refractivity contribution in [2.75, 3.05) is 0 Å². The van der Waals surface area contributed by atoms with E-state index in [2.05, 4.69) is 4.65 Å². The SMILES string of the molecule is CC(C)[Si](c1c(F)c(F)c(OB(O)O)c(F)c1F)(C(C)C)C(C)C. The van der Waals surface area contributed by atoms with Gasteiger partial charge in [0.25, 0.3) is 0 Å². The summed E-state index contributed by atoms with van der Waals surface area (Å²) in [6.07, 6.45) is 0.